The molecule has 0 radical (unpaired) electrons. The highest BCUT2D eigenvalue weighted by atomic mass is 16.5. The lowest BCUT2D eigenvalue weighted by atomic mass is 9.96. The maximum absolute atomic E-state index is 5.50. The Bertz CT molecular complexity index is 554. The molecule has 0 aliphatic heterocycles. The van der Waals surface area contributed by atoms with Crippen molar-refractivity contribution in [3.05, 3.63) is 64.7 Å². The molecule has 21 heavy (non-hydrogen) atoms. The maximum atomic E-state index is 5.50. The van der Waals surface area contributed by atoms with Crippen LogP contribution in [-0.2, 0) is 6.42 Å². The summed E-state index contributed by atoms with van der Waals surface area (Å²) in [5, 5.41) is 3.42. The van der Waals surface area contributed by atoms with Gasteiger partial charge in [0.25, 0.3) is 0 Å². The van der Waals surface area contributed by atoms with Crippen molar-refractivity contribution in [1.82, 2.24) is 5.32 Å². The highest BCUT2D eigenvalue weighted by Gasteiger charge is 2.11. The first-order valence-electron chi connectivity index (χ1n) is 7.59. The number of nitrogens with one attached hydrogen (secondary N) is 1. The van der Waals surface area contributed by atoms with E-state index in [9.17, 15) is 0 Å². The molecule has 2 heteroatoms. The van der Waals surface area contributed by atoms with Gasteiger partial charge in [0.2, 0.25) is 0 Å². The fourth-order valence-electron chi connectivity index (χ4n) is 2.77. The average Bonchev–Trinajstić information content (AvgIpc) is 2.45. The molecule has 2 rings (SSSR count). The van der Waals surface area contributed by atoms with Gasteiger partial charge < -0.3 is 10.1 Å². The first kappa shape index (κ1) is 15.6. The van der Waals surface area contributed by atoms with Crippen molar-refractivity contribution < 1.29 is 4.74 Å². The Balaban J connectivity index is 2.15. The number of benzene rings is 2. The van der Waals surface area contributed by atoms with E-state index in [-0.39, 0.29) is 0 Å². The summed E-state index contributed by atoms with van der Waals surface area (Å²) in [7, 11) is 2.02. The molecule has 0 aliphatic rings. The first-order valence-corrected chi connectivity index (χ1v) is 7.59. The molecule has 0 aliphatic carbocycles. The highest BCUT2D eigenvalue weighted by Crippen LogP contribution is 2.22. The quantitative estimate of drug-likeness (QED) is 0.857. The summed E-state index contributed by atoms with van der Waals surface area (Å²) in [6, 6.07) is 15.5. The van der Waals surface area contributed by atoms with Gasteiger partial charge in [-0.3, -0.25) is 0 Å². The van der Waals surface area contributed by atoms with E-state index in [1.807, 2.05) is 26.1 Å². The van der Waals surface area contributed by atoms with E-state index in [4.69, 9.17) is 4.74 Å². The molecule has 2 aromatic rings. The van der Waals surface area contributed by atoms with Crippen molar-refractivity contribution in [3.63, 3.8) is 0 Å². The molecule has 0 bridgehead atoms. The molecule has 1 unspecified atom stereocenters. The van der Waals surface area contributed by atoms with Crippen molar-refractivity contribution in [1.29, 1.82) is 0 Å². The van der Waals surface area contributed by atoms with Gasteiger partial charge in [0, 0.05) is 6.04 Å². The van der Waals surface area contributed by atoms with Crippen LogP contribution in [-0.4, -0.2) is 13.7 Å². The summed E-state index contributed by atoms with van der Waals surface area (Å²) in [4.78, 5) is 0. The Labute approximate surface area is 128 Å². The van der Waals surface area contributed by atoms with E-state index in [0.717, 1.165) is 12.2 Å². The molecule has 0 amide bonds. The monoisotopic (exact) mass is 283 g/mol. The number of hydrogen-bond acceptors (Lipinski definition) is 2. The van der Waals surface area contributed by atoms with E-state index in [1.54, 1.807) is 0 Å². The van der Waals surface area contributed by atoms with E-state index in [1.165, 1.54) is 22.3 Å². The third kappa shape index (κ3) is 4.33. The van der Waals surface area contributed by atoms with Crippen LogP contribution in [0, 0.1) is 13.8 Å². The molecule has 0 saturated heterocycles. The van der Waals surface area contributed by atoms with Crippen LogP contribution in [0.1, 0.15) is 35.2 Å². The summed E-state index contributed by atoms with van der Waals surface area (Å²) in [6.45, 7) is 7.02. The molecule has 1 atom stereocenters. The molecule has 0 saturated carbocycles. The van der Waals surface area contributed by atoms with E-state index in [2.05, 4.69) is 49.5 Å². The van der Waals surface area contributed by atoms with Crippen molar-refractivity contribution in [2.75, 3.05) is 13.7 Å². The van der Waals surface area contributed by atoms with Crippen molar-refractivity contribution in [2.45, 2.75) is 33.2 Å². The standard InChI is InChI=1S/C19H25NO/c1-5-21-18-8-6-17(7-9-18)19(20-4)13-16-11-14(2)10-15(3)12-16/h6-12,19-20H,5,13H2,1-4H3. The highest BCUT2D eigenvalue weighted by molar-refractivity contribution is 5.33. The van der Waals surface area contributed by atoms with Gasteiger partial charge in [0.15, 0.2) is 0 Å². The fraction of sp³-hybridized carbons (Fsp3) is 0.368. The predicted molar refractivity (Wildman–Crippen MR) is 89.0 cm³/mol. The number of aryl methyl sites for hydroxylation is 2. The lowest BCUT2D eigenvalue weighted by Crippen LogP contribution is -2.18. The molecule has 1 N–H and O–H groups in total. The minimum Gasteiger partial charge on any atom is -0.494 e. The van der Waals surface area contributed by atoms with Crippen LogP contribution in [0.15, 0.2) is 42.5 Å². The van der Waals surface area contributed by atoms with Gasteiger partial charge in [-0.2, -0.15) is 0 Å². The summed E-state index contributed by atoms with van der Waals surface area (Å²) in [6.07, 6.45) is 0.993. The molecular weight excluding hydrogens is 258 g/mol. The van der Waals surface area contributed by atoms with Gasteiger partial charge in [-0.25, -0.2) is 0 Å². The second-order valence-corrected chi connectivity index (χ2v) is 5.54. The summed E-state index contributed by atoms with van der Waals surface area (Å²) >= 11 is 0. The summed E-state index contributed by atoms with van der Waals surface area (Å²) in [5.41, 5.74) is 5.32. The van der Waals surface area contributed by atoms with Gasteiger partial charge in [0.1, 0.15) is 5.75 Å². The largest absolute Gasteiger partial charge is 0.494 e. The molecule has 0 spiro atoms. The Hall–Kier alpha value is -1.80. The van der Waals surface area contributed by atoms with Crippen LogP contribution in [0.2, 0.25) is 0 Å². The number of rotatable bonds is 6. The third-order valence-electron chi connectivity index (χ3n) is 3.66. The predicted octanol–water partition coefficient (Wildman–Crippen LogP) is 4.21. The normalized spacial score (nSPS) is 12.2. The average molecular weight is 283 g/mol. The van der Waals surface area contributed by atoms with Crippen molar-refractivity contribution in [3.8, 4) is 5.75 Å². The van der Waals surface area contributed by atoms with Crippen molar-refractivity contribution >= 4 is 0 Å². The second-order valence-electron chi connectivity index (χ2n) is 5.54. The van der Waals surface area contributed by atoms with E-state index < -0.39 is 0 Å². The zero-order valence-corrected chi connectivity index (χ0v) is 13.4. The SMILES string of the molecule is CCOc1ccc(C(Cc2cc(C)cc(C)c2)NC)cc1. The van der Waals surface area contributed by atoms with Crippen LogP contribution < -0.4 is 10.1 Å². The lowest BCUT2D eigenvalue weighted by molar-refractivity contribution is 0.340. The Morgan fingerprint density at radius 2 is 1.62 bits per heavy atom. The molecule has 0 aromatic heterocycles. The fourth-order valence-corrected chi connectivity index (χ4v) is 2.77. The zero-order valence-electron chi connectivity index (χ0n) is 13.4. The van der Waals surface area contributed by atoms with Crippen LogP contribution in [0.3, 0.4) is 0 Å². The topological polar surface area (TPSA) is 21.3 Å². The number of likely N-dealkylation sites (N-methyl/N-ethyl adjacent to an activating group) is 1. The molecule has 112 valence electrons. The number of hydrogen-bond donors (Lipinski definition) is 1. The Kier molecular flexibility index (Phi) is 5.40. The van der Waals surface area contributed by atoms with Gasteiger partial charge in [-0.1, -0.05) is 41.5 Å². The molecule has 2 aromatic carbocycles. The molecule has 0 fully saturated rings. The van der Waals surface area contributed by atoms with Crippen LogP contribution in [0.25, 0.3) is 0 Å². The van der Waals surface area contributed by atoms with Gasteiger partial charge in [0.05, 0.1) is 6.61 Å². The molecule has 0 heterocycles. The zero-order chi connectivity index (χ0) is 15.2. The van der Waals surface area contributed by atoms with Gasteiger partial charge >= 0.3 is 0 Å². The Morgan fingerprint density at radius 3 is 2.14 bits per heavy atom. The van der Waals surface area contributed by atoms with Crippen molar-refractivity contribution in [2.24, 2.45) is 0 Å². The third-order valence-corrected chi connectivity index (χ3v) is 3.66. The second kappa shape index (κ2) is 7.28. The lowest BCUT2D eigenvalue weighted by Gasteiger charge is -2.18. The van der Waals surface area contributed by atoms with Gasteiger partial charge in [-0.15, -0.1) is 0 Å². The summed E-state index contributed by atoms with van der Waals surface area (Å²) in [5.74, 6) is 0.933. The van der Waals surface area contributed by atoms with E-state index >= 15 is 0 Å². The van der Waals surface area contributed by atoms with Crippen LogP contribution in [0.5, 0.6) is 5.75 Å². The molecule has 2 nitrogen and oxygen atoms in total. The van der Waals surface area contributed by atoms with Crippen LogP contribution >= 0.6 is 0 Å². The first-order chi connectivity index (χ1) is 10.1. The minimum absolute atomic E-state index is 0.321. The molecular formula is C19H25NO. The van der Waals surface area contributed by atoms with E-state index in [0.29, 0.717) is 12.6 Å². The number of ether oxygens (including phenoxy) is 1. The smallest absolute Gasteiger partial charge is 0.119 e. The minimum atomic E-state index is 0.321. The Morgan fingerprint density at radius 1 is 1.00 bits per heavy atom. The summed E-state index contributed by atoms with van der Waals surface area (Å²) < 4.78 is 5.50. The maximum Gasteiger partial charge on any atom is 0.119 e. The van der Waals surface area contributed by atoms with Gasteiger partial charge in [-0.05, 0) is 57.5 Å². The van der Waals surface area contributed by atoms with Crippen LogP contribution in [0.4, 0.5) is 0 Å².